The minimum Gasteiger partial charge on any atom is -0.507 e. The molecule has 0 bridgehead atoms. The molecule has 0 aliphatic carbocycles. The number of pyridine rings is 1. The smallest absolute Gasteiger partial charge is 0.159 e. The molecule has 216 valence electrons. The van der Waals surface area contributed by atoms with Gasteiger partial charge in [0, 0.05) is 43.9 Å². The van der Waals surface area contributed by atoms with Gasteiger partial charge < -0.3 is 9.52 Å². The Labute approximate surface area is 262 Å². The van der Waals surface area contributed by atoms with Crippen LogP contribution in [-0.2, 0) is 31.9 Å². The van der Waals surface area contributed by atoms with Crippen molar-refractivity contribution in [2.75, 3.05) is 0 Å². The molecule has 1 N–H and O–H groups in total. The van der Waals surface area contributed by atoms with E-state index >= 15 is 0 Å². The number of para-hydroxylation sites is 2. The third-order valence-electron chi connectivity index (χ3n) is 7.80. The van der Waals surface area contributed by atoms with Crippen LogP contribution < -0.4 is 0 Å². The molecule has 0 aliphatic rings. The number of aromatic nitrogens is 2. The fraction of sp³-hybridized carbons (Fsp3) is 0.243. The molecule has 4 aromatic carbocycles. The molecule has 0 aliphatic heterocycles. The fourth-order valence-corrected chi connectivity index (χ4v) is 5.27. The standard InChI is InChI=1S/C37H35N2O2.Pt/c1-22-15-16-38-33-29(22)20-26(37(5,6)7)21-30(33)23-17-24(19-25(18-23)36(2,3)4)35-39-34-28(12-10-14-32(34)41-35)27-11-8-9-13-31(27)40;/h8-16,18-21,40H,1-7H3;/q-1;. The number of fused-ring (bicyclic) bond motifs is 2. The van der Waals surface area contributed by atoms with E-state index in [2.05, 4.69) is 84.9 Å². The van der Waals surface area contributed by atoms with E-state index in [4.69, 9.17) is 14.4 Å². The van der Waals surface area contributed by atoms with Crippen molar-refractivity contribution in [2.45, 2.75) is 59.3 Å². The van der Waals surface area contributed by atoms with Crippen LogP contribution >= 0.6 is 0 Å². The van der Waals surface area contributed by atoms with Crippen molar-refractivity contribution in [3.63, 3.8) is 0 Å². The summed E-state index contributed by atoms with van der Waals surface area (Å²) in [5, 5.41) is 11.7. The predicted molar refractivity (Wildman–Crippen MR) is 168 cm³/mol. The summed E-state index contributed by atoms with van der Waals surface area (Å²) in [6.45, 7) is 15.5. The number of rotatable bonds is 3. The molecule has 0 amide bonds. The molecule has 6 aromatic rings. The monoisotopic (exact) mass is 734 g/mol. The molecule has 0 radical (unpaired) electrons. The summed E-state index contributed by atoms with van der Waals surface area (Å²) in [7, 11) is 0. The maximum Gasteiger partial charge on any atom is 0.159 e. The maximum atomic E-state index is 10.6. The number of benzene rings is 4. The zero-order valence-corrected chi connectivity index (χ0v) is 27.3. The summed E-state index contributed by atoms with van der Waals surface area (Å²) < 4.78 is 6.36. The Kier molecular flexibility index (Phi) is 7.66. The van der Waals surface area contributed by atoms with Crippen molar-refractivity contribution in [1.29, 1.82) is 0 Å². The second kappa shape index (κ2) is 10.8. The normalized spacial score (nSPS) is 12.1. The molecule has 4 nitrogen and oxygen atoms in total. The number of hydrogen-bond donors (Lipinski definition) is 1. The predicted octanol–water partition coefficient (Wildman–Crippen LogP) is 9.78. The Morgan fingerprint density at radius 2 is 1.38 bits per heavy atom. The second-order valence-corrected chi connectivity index (χ2v) is 12.9. The van der Waals surface area contributed by atoms with Gasteiger partial charge in [0.25, 0.3) is 0 Å². The van der Waals surface area contributed by atoms with Crippen LogP contribution in [0.25, 0.3) is 55.7 Å². The topological polar surface area (TPSA) is 59.2 Å². The Morgan fingerprint density at radius 1 is 0.714 bits per heavy atom. The first-order valence-corrected chi connectivity index (χ1v) is 14.1. The van der Waals surface area contributed by atoms with Crippen molar-refractivity contribution < 1.29 is 30.6 Å². The van der Waals surface area contributed by atoms with Crippen molar-refractivity contribution in [1.82, 2.24) is 9.97 Å². The van der Waals surface area contributed by atoms with Gasteiger partial charge in [-0.2, -0.15) is 0 Å². The first-order chi connectivity index (χ1) is 19.4. The van der Waals surface area contributed by atoms with Crippen molar-refractivity contribution >= 4 is 22.0 Å². The quantitative estimate of drug-likeness (QED) is 0.184. The maximum absolute atomic E-state index is 10.6. The minimum atomic E-state index is -0.119. The van der Waals surface area contributed by atoms with Gasteiger partial charge in [-0.05, 0) is 52.5 Å². The van der Waals surface area contributed by atoms with Crippen LogP contribution in [0.2, 0.25) is 0 Å². The zero-order valence-electron chi connectivity index (χ0n) is 25.1. The van der Waals surface area contributed by atoms with Crippen molar-refractivity contribution in [3.8, 4) is 39.5 Å². The number of phenols is 1. The van der Waals surface area contributed by atoms with E-state index in [0.717, 1.165) is 44.3 Å². The molecule has 0 spiro atoms. The number of hydrogen-bond acceptors (Lipinski definition) is 4. The van der Waals surface area contributed by atoms with Crippen molar-refractivity contribution in [3.05, 3.63) is 102 Å². The third-order valence-corrected chi connectivity index (χ3v) is 7.80. The number of aromatic hydroxyl groups is 1. The van der Waals surface area contributed by atoms with Gasteiger partial charge in [0.2, 0.25) is 0 Å². The number of phenolic OH excluding ortho intramolecular Hbond substituents is 1. The van der Waals surface area contributed by atoms with Crippen LogP contribution in [-0.4, -0.2) is 15.1 Å². The third kappa shape index (κ3) is 5.41. The van der Waals surface area contributed by atoms with Crippen LogP contribution in [0.3, 0.4) is 0 Å². The van der Waals surface area contributed by atoms with Crippen LogP contribution in [0.4, 0.5) is 0 Å². The molecule has 5 heteroatoms. The van der Waals surface area contributed by atoms with Gasteiger partial charge in [0.05, 0.1) is 0 Å². The average Bonchev–Trinajstić information content (AvgIpc) is 3.37. The van der Waals surface area contributed by atoms with Crippen molar-refractivity contribution in [2.24, 2.45) is 0 Å². The molecule has 0 saturated heterocycles. The SMILES string of the molecule is Cc1ccnc2c(-c3[c-]c(-c4nc5c(-c6ccccc6O)cccc5o4)cc(C(C)(C)C)c3)cc(C(C)(C)C)cc12.[Pt]. The number of nitrogens with zero attached hydrogens (tertiary/aromatic N) is 2. The molecular weight excluding hydrogens is 699 g/mol. The van der Waals surface area contributed by atoms with Gasteiger partial charge in [0.15, 0.2) is 5.89 Å². The molecule has 0 saturated carbocycles. The van der Waals surface area contributed by atoms with Gasteiger partial charge in [-0.1, -0.05) is 95.1 Å². The Morgan fingerprint density at radius 3 is 2.10 bits per heavy atom. The first kappa shape index (κ1) is 29.7. The zero-order chi connectivity index (χ0) is 29.1. The van der Waals surface area contributed by atoms with E-state index < -0.39 is 0 Å². The Balaban J connectivity index is 0.00000353. The molecule has 0 fully saturated rings. The summed E-state index contributed by atoms with van der Waals surface area (Å²) in [4.78, 5) is 9.81. The van der Waals surface area contributed by atoms with Crippen LogP contribution in [0.5, 0.6) is 5.75 Å². The average molecular weight is 735 g/mol. The summed E-state index contributed by atoms with van der Waals surface area (Å²) >= 11 is 0. The molecule has 0 unspecified atom stereocenters. The van der Waals surface area contributed by atoms with Gasteiger partial charge >= 0.3 is 0 Å². The van der Waals surface area contributed by atoms with Crippen LogP contribution in [0, 0.1) is 13.0 Å². The largest absolute Gasteiger partial charge is 0.507 e. The van der Waals surface area contributed by atoms with Crippen LogP contribution in [0.1, 0.15) is 58.2 Å². The van der Waals surface area contributed by atoms with E-state index in [1.54, 1.807) is 6.07 Å². The van der Waals surface area contributed by atoms with Gasteiger partial charge in [-0.15, -0.1) is 29.3 Å². The summed E-state index contributed by atoms with van der Waals surface area (Å²) in [5.74, 6) is 0.706. The summed E-state index contributed by atoms with van der Waals surface area (Å²) in [6.07, 6.45) is 1.88. The fourth-order valence-electron chi connectivity index (χ4n) is 5.27. The van der Waals surface area contributed by atoms with Gasteiger partial charge in [-0.3, -0.25) is 4.98 Å². The number of oxazole rings is 1. The first-order valence-electron chi connectivity index (χ1n) is 14.1. The molecule has 6 rings (SSSR count). The van der Waals surface area contributed by atoms with Crippen LogP contribution in [0.15, 0.2) is 83.4 Å². The molecule has 2 aromatic heterocycles. The second-order valence-electron chi connectivity index (χ2n) is 12.9. The molecule has 2 heterocycles. The summed E-state index contributed by atoms with van der Waals surface area (Å²) in [6, 6.07) is 27.7. The van der Waals surface area contributed by atoms with E-state index in [0.29, 0.717) is 17.0 Å². The summed E-state index contributed by atoms with van der Waals surface area (Å²) in [5.41, 5.74) is 10.1. The minimum absolute atomic E-state index is 0. The van der Waals surface area contributed by atoms with Gasteiger partial charge in [0.1, 0.15) is 16.8 Å². The van der Waals surface area contributed by atoms with E-state index in [1.165, 1.54) is 11.1 Å². The van der Waals surface area contributed by atoms with E-state index in [-0.39, 0.29) is 37.6 Å². The molecular formula is C37H35N2O2Pt-. The Hall–Kier alpha value is -3.75. The molecule has 42 heavy (non-hydrogen) atoms. The van der Waals surface area contributed by atoms with E-state index in [9.17, 15) is 5.11 Å². The Bertz CT molecular complexity index is 1940. The van der Waals surface area contributed by atoms with E-state index in [1.807, 2.05) is 42.6 Å². The number of aryl methyl sites for hydroxylation is 1. The molecule has 0 atom stereocenters. The van der Waals surface area contributed by atoms with Gasteiger partial charge in [-0.25, -0.2) is 4.98 Å².